The van der Waals surface area contributed by atoms with Crippen LogP contribution >= 0.6 is 0 Å². The van der Waals surface area contributed by atoms with Gasteiger partial charge >= 0.3 is 6.16 Å². The largest absolute Gasteiger partial charge is 0.514 e. The van der Waals surface area contributed by atoms with E-state index in [-0.39, 0.29) is 5.75 Å². The van der Waals surface area contributed by atoms with Crippen molar-refractivity contribution in [3.8, 4) is 17.2 Å². The Morgan fingerprint density at radius 2 is 1.68 bits per heavy atom. The second kappa shape index (κ2) is 5.82. The molecule has 5 heteroatoms. The first kappa shape index (κ1) is 15.1. The molecular formula is C14H20O5. The average Bonchev–Trinajstić information content (AvgIpc) is 2.27. The van der Waals surface area contributed by atoms with Crippen LogP contribution in [-0.2, 0) is 4.74 Å². The predicted molar refractivity (Wildman–Crippen MR) is 71.1 cm³/mol. The molecule has 0 heterocycles. The van der Waals surface area contributed by atoms with Crippen LogP contribution in [0.1, 0.15) is 26.3 Å². The van der Waals surface area contributed by atoms with E-state index in [0.29, 0.717) is 11.5 Å². The Morgan fingerprint density at radius 1 is 1.05 bits per heavy atom. The minimum absolute atomic E-state index is 0.222. The number of aryl methyl sites for hydroxylation is 1. The molecule has 0 saturated carbocycles. The van der Waals surface area contributed by atoms with Crippen molar-refractivity contribution in [3.05, 3.63) is 17.7 Å². The number of hydrogen-bond acceptors (Lipinski definition) is 5. The van der Waals surface area contributed by atoms with Crippen LogP contribution in [0.15, 0.2) is 12.1 Å². The highest BCUT2D eigenvalue weighted by atomic mass is 16.7. The van der Waals surface area contributed by atoms with E-state index in [4.69, 9.17) is 18.9 Å². The number of rotatable bonds is 3. The van der Waals surface area contributed by atoms with Gasteiger partial charge in [0, 0.05) is 0 Å². The Labute approximate surface area is 113 Å². The normalized spacial score (nSPS) is 10.8. The van der Waals surface area contributed by atoms with Crippen molar-refractivity contribution in [2.75, 3.05) is 14.2 Å². The summed E-state index contributed by atoms with van der Waals surface area (Å²) >= 11 is 0. The van der Waals surface area contributed by atoms with Gasteiger partial charge in [0.15, 0.2) is 11.5 Å². The summed E-state index contributed by atoms with van der Waals surface area (Å²) in [4.78, 5) is 11.7. The van der Waals surface area contributed by atoms with Gasteiger partial charge in [-0.1, -0.05) is 6.07 Å². The van der Waals surface area contributed by atoms with Gasteiger partial charge in [-0.25, -0.2) is 4.79 Å². The number of hydrogen-bond donors (Lipinski definition) is 0. The van der Waals surface area contributed by atoms with Gasteiger partial charge in [-0.2, -0.15) is 0 Å². The fourth-order valence-corrected chi connectivity index (χ4v) is 1.51. The van der Waals surface area contributed by atoms with Crippen LogP contribution in [0.2, 0.25) is 0 Å². The molecule has 5 nitrogen and oxygen atoms in total. The van der Waals surface area contributed by atoms with E-state index < -0.39 is 11.8 Å². The molecule has 106 valence electrons. The van der Waals surface area contributed by atoms with Crippen LogP contribution < -0.4 is 14.2 Å². The number of carbonyl (C=O) groups excluding carboxylic acids is 1. The van der Waals surface area contributed by atoms with Crippen LogP contribution in [0.25, 0.3) is 0 Å². The zero-order chi connectivity index (χ0) is 14.6. The SMILES string of the molecule is COc1ccc(C)c(OC)c1OC(=O)OC(C)(C)C. The van der Waals surface area contributed by atoms with Crippen molar-refractivity contribution in [2.24, 2.45) is 0 Å². The third kappa shape index (κ3) is 4.05. The molecule has 1 rings (SSSR count). The molecular weight excluding hydrogens is 248 g/mol. The van der Waals surface area contributed by atoms with Gasteiger partial charge in [-0.3, -0.25) is 0 Å². The molecule has 0 aromatic heterocycles. The third-order valence-corrected chi connectivity index (χ3v) is 2.27. The van der Waals surface area contributed by atoms with Crippen molar-refractivity contribution in [1.82, 2.24) is 0 Å². The Bertz CT molecular complexity index is 460. The van der Waals surface area contributed by atoms with Crippen LogP contribution in [0.5, 0.6) is 17.2 Å². The quantitative estimate of drug-likeness (QED) is 0.621. The van der Waals surface area contributed by atoms with E-state index in [0.717, 1.165) is 5.56 Å². The summed E-state index contributed by atoms with van der Waals surface area (Å²) in [5, 5.41) is 0. The Kier molecular flexibility index (Phi) is 4.64. The summed E-state index contributed by atoms with van der Waals surface area (Å²) in [5.74, 6) is 1.08. The zero-order valence-corrected chi connectivity index (χ0v) is 12.2. The standard InChI is InChI=1S/C14H20O5/c1-9-7-8-10(16-5)12(11(9)17-6)18-13(15)19-14(2,3)4/h7-8H,1-6H3. The summed E-state index contributed by atoms with van der Waals surface area (Å²) in [6.07, 6.45) is -0.797. The van der Waals surface area contributed by atoms with Gasteiger partial charge in [0.2, 0.25) is 5.75 Å². The lowest BCUT2D eigenvalue weighted by atomic mass is 10.2. The number of benzene rings is 1. The summed E-state index contributed by atoms with van der Waals surface area (Å²) in [6, 6.07) is 3.52. The molecule has 0 fully saturated rings. The van der Waals surface area contributed by atoms with E-state index in [2.05, 4.69) is 0 Å². The fourth-order valence-electron chi connectivity index (χ4n) is 1.51. The maximum atomic E-state index is 11.7. The molecule has 0 aliphatic heterocycles. The molecule has 0 N–H and O–H groups in total. The zero-order valence-electron chi connectivity index (χ0n) is 12.2. The van der Waals surface area contributed by atoms with Gasteiger partial charge in [0.1, 0.15) is 5.60 Å². The molecule has 0 spiro atoms. The number of methoxy groups -OCH3 is 2. The summed E-state index contributed by atoms with van der Waals surface area (Å²) < 4.78 is 20.7. The second-order valence-corrected chi connectivity index (χ2v) is 5.01. The first-order valence-electron chi connectivity index (χ1n) is 5.91. The summed E-state index contributed by atoms with van der Waals surface area (Å²) in [6.45, 7) is 7.14. The van der Waals surface area contributed by atoms with Crippen LogP contribution in [0.3, 0.4) is 0 Å². The second-order valence-electron chi connectivity index (χ2n) is 5.01. The van der Waals surface area contributed by atoms with Crippen molar-refractivity contribution in [1.29, 1.82) is 0 Å². The lowest BCUT2D eigenvalue weighted by molar-refractivity contribution is 0.0195. The van der Waals surface area contributed by atoms with Crippen molar-refractivity contribution < 1.29 is 23.7 Å². The van der Waals surface area contributed by atoms with Gasteiger partial charge in [0.05, 0.1) is 14.2 Å². The topological polar surface area (TPSA) is 54.0 Å². The van der Waals surface area contributed by atoms with E-state index in [1.54, 1.807) is 26.8 Å². The average molecular weight is 268 g/mol. The maximum Gasteiger partial charge on any atom is 0.514 e. The molecule has 0 saturated heterocycles. The summed E-state index contributed by atoms with van der Waals surface area (Å²) in [7, 11) is 3.00. The van der Waals surface area contributed by atoms with Gasteiger partial charge in [0.25, 0.3) is 0 Å². The molecule has 0 atom stereocenters. The van der Waals surface area contributed by atoms with Gasteiger partial charge in [-0.15, -0.1) is 0 Å². The molecule has 1 aromatic rings. The van der Waals surface area contributed by atoms with E-state index in [1.165, 1.54) is 14.2 Å². The van der Waals surface area contributed by atoms with Gasteiger partial charge in [-0.05, 0) is 39.3 Å². The third-order valence-electron chi connectivity index (χ3n) is 2.27. The molecule has 0 amide bonds. The lowest BCUT2D eigenvalue weighted by Crippen LogP contribution is -2.26. The first-order chi connectivity index (χ1) is 8.78. The van der Waals surface area contributed by atoms with Crippen LogP contribution in [0, 0.1) is 6.92 Å². The highest BCUT2D eigenvalue weighted by Crippen LogP contribution is 2.40. The van der Waals surface area contributed by atoms with Crippen molar-refractivity contribution in [2.45, 2.75) is 33.3 Å². The fraction of sp³-hybridized carbons (Fsp3) is 0.500. The minimum Gasteiger partial charge on any atom is -0.493 e. The van der Waals surface area contributed by atoms with E-state index >= 15 is 0 Å². The predicted octanol–water partition coefficient (Wildman–Crippen LogP) is 3.33. The maximum absolute atomic E-state index is 11.7. The lowest BCUT2D eigenvalue weighted by Gasteiger charge is -2.20. The molecule has 0 unspecified atom stereocenters. The molecule has 19 heavy (non-hydrogen) atoms. The Hall–Kier alpha value is -1.91. The van der Waals surface area contributed by atoms with E-state index in [1.807, 2.05) is 13.0 Å². The highest BCUT2D eigenvalue weighted by molar-refractivity contribution is 5.69. The molecule has 0 bridgehead atoms. The monoisotopic (exact) mass is 268 g/mol. The molecule has 0 aliphatic rings. The Morgan fingerprint density at radius 3 is 2.16 bits per heavy atom. The van der Waals surface area contributed by atoms with Crippen molar-refractivity contribution >= 4 is 6.16 Å². The highest BCUT2D eigenvalue weighted by Gasteiger charge is 2.22. The van der Waals surface area contributed by atoms with Crippen molar-refractivity contribution in [3.63, 3.8) is 0 Å². The molecule has 1 aromatic carbocycles. The number of carbonyl (C=O) groups is 1. The first-order valence-corrected chi connectivity index (χ1v) is 5.91. The molecule has 0 aliphatic carbocycles. The Balaban J connectivity index is 3.05. The minimum atomic E-state index is -0.797. The number of ether oxygens (including phenoxy) is 4. The van der Waals surface area contributed by atoms with Crippen LogP contribution in [-0.4, -0.2) is 26.0 Å². The molecule has 0 radical (unpaired) electrons. The smallest absolute Gasteiger partial charge is 0.493 e. The van der Waals surface area contributed by atoms with E-state index in [9.17, 15) is 4.79 Å². The summed E-state index contributed by atoms with van der Waals surface area (Å²) in [5.41, 5.74) is 0.211. The van der Waals surface area contributed by atoms with Gasteiger partial charge < -0.3 is 18.9 Å². The van der Waals surface area contributed by atoms with Crippen LogP contribution in [0.4, 0.5) is 4.79 Å².